The number of hydrogen-bond acceptors (Lipinski definition) is 4. The van der Waals surface area contributed by atoms with Crippen LogP contribution in [-0.2, 0) is 9.59 Å². The van der Waals surface area contributed by atoms with Crippen LogP contribution in [0.1, 0.15) is 23.2 Å². The highest BCUT2D eigenvalue weighted by Gasteiger charge is 2.28. The average Bonchev–Trinajstić information content (AvgIpc) is 3.43. The number of carbonyl (C=O) groups is 3. The summed E-state index contributed by atoms with van der Waals surface area (Å²) in [5, 5.41) is 0. The third-order valence-electron chi connectivity index (χ3n) is 4.35. The summed E-state index contributed by atoms with van der Waals surface area (Å²) < 4.78 is 5.79. The molecule has 2 N–H and O–H groups in total. The van der Waals surface area contributed by atoms with Crippen LogP contribution in [0.4, 0.5) is 0 Å². The van der Waals surface area contributed by atoms with Gasteiger partial charge in [-0.1, -0.05) is 12.1 Å². The molecule has 0 atom stereocenters. The molecule has 24 heavy (non-hydrogen) atoms. The van der Waals surface area contributed by atoms with Gasteiger partial charge in [0.15, 0.2) is 0 Å². The minimum Gasteiger partial charge on any atom is -0.492 e. The second kappa shape index (κ2) is 6.90. The number of amides is 3. The van der Waals surface area contributed by atoms with Gasteiger partial charge in [-0.3, -0.25) is 14.4 Å². The summed E-state index contributed by atoms with van der Waals surface area (Å²) in [4.78, 5) is 38.3. The van der Waals surface area contributed by atoms with Gasteiger partial charge in [-0.2, -0.15) is 0 Å². The zero-order valence-corrected chi connectivity index (χ0v) is 13.4. The molecule has 1 aromatic carbocycles. The van der Waals surface area contributed by atoms with Crippen molar-refractivity contribution in [1.29, 1.82) is 0 Å². The zero-order chi connectivity index (χ0) is 17.1. The molecule has 0 radical (unpaired) electrons. The van der Waals surface area contributed by atoms with E-state index < -0.39 is 11.8 Å². The van der Waals surface area contributed by atoms with Gasteiger partial charge < -0.3 is 20.3 Å². The topological polar surface area (TPSA) is 92.9 Å². The number of nitrogens with two attached hydrogens (primary N) is 1. The lowest BCUT2D eigenvalue weighted by Gasteiger charge is -2.34. The lowest BCUT2D eigenvalue weighted by molar-refractivity contribution is -0.145. The molecule has 2 aliphatic rings. The molecular weight excluding hydrogens is 310 g/mol. The summed E-state index contributed by atoms with van der Waals surface area (Å²) >= 11 is 0. The SMILES string of the molecule is NC(=O)C(=O)N1CCN(C(=O)c2ccccc2OCC2CC2)CC1. The van der Waals surface area contributed by atoms with Crippen LogP contribution >= 0.6 is 0 Å². The highest BCUT2D eigenvalue weighted by atomic mass is 16.5. The molecule has 0 unspecified atom stereocenters. The first kappa shape index (κ1) is 16.3. The molecule has 0 bridgehead atoms. The summed E-state index contributed by atoms with van der Waals surface area (Å²) in [7, 11) is 0. The van der Waals surface area contributed by atoms with Crippen LogP contribution in [-0.4, -0.2) is 60.3 Å². The van der Waals surface area contributed by atoms with Crippen molar-refractivity contribution in [1.82, 2.24) is 9.80 Å². The first-order chi connectivity index (χ1) is 11.6. The van der Waals surface area contributed by atoms with Crippen LogP contribution in [0.5, 0.6) is 5.75 Å². The van der Waals surface area contributed by atoms with Gasteiger partial charge in [0.1, 0.15) is 5.75 Å². The smallest absolute Gasteiger partial charge is 0.311 e. The van der Waals surface area contributed by atoms with Gasteiger partial charge in [0, 0.05) is 26.2 Å². The van der Waals surface area contributed by atoms with Crippen molar-refractivity contribution in [3.05, 3.63) is 29.8 Å². The zero-order valence-electron chi connectivity index (χ0n) is 13.4. The molecule has 7 heteroatoms. The second-order valence-electron chi connectivity index (χ2n) is 6.20. The molecule has 128 valence electrons. The molecule has 3 amide bonds. The molecule has 1 aromatic rings. The van der Waals surface area contributed by atoms with E-state index in [9.17, 15) is 14.4 Å². The van der Waals surface area contributed by atoms with Crippen LogP contribution < -0.4 is 10.5 Å². The summed E-state index contributed by atoms with van der Waals surface area (Å²) in [5.74, 6) is -0.571. The lowest BCUT2D eigenvalue weighted by atomic mass is 10.1. The summed E-state index contributed by atoms with van der Waals surface area (Å²) in [6.07, 6.45) is 2.37. The van der Waals surface area contributed by atoms with Crippen LogP contribution in [0.15, 0.2) is 24.3 Å². The van der Waals surface area contributed by atoms with Crippen molar-refractivity contribution in [2.75, 3.05) is 32.8 Å². The minimum atomic E-state index is -0.964. The fraction of sp³-hybridized carbons (Fsp3) is 0.471. The number of benzene rings is 1. The molecule has 3 rings (SSSR count). The first-order valence-corrected chi connectivity index (χ1v) is 8.16. The van der Waals surface area contributed by atoms with Crippen molar-refractivity contribution >= 4 is 17.7 Å². The lowest BCUT2D eigenvalue weighted by Crippen LogP contribution is -2.53. The molecule has 1 saturated carbocycles. The van der Waals surface area contributed by atoms with Gasteiger partial charge in [0.2, 0.25) is 0 Å². The maximum absolute atomic E-state index is 12.7. The monoisotopic (exact) mass is 331 g/mol. The third-order valence-corrected chi connectivity index (χ3v) is 4.35. The predicted octanol–water partition coefficient (Wildman–Crippen LogP) is 0.245. The Kier molecular flexibility index (Phi) is 4.69. The van der Waals surface area contributed by atoms with Crippen molar-refractivity contribution in [3.8, 4) is 5.75 Å². The van der Waals surface area contributed by atoms with Crippen molar-refractivity contribution in [3.63, 3.8) is 0 Å². The maximum atomic E-state index is 12.7. The van der Waals surface area contributed by atoms with Gasteiger partial charge in [-0.15, -0.1) is 0 Å². The van der Waals surface area contributed by atoms with Crippen molar-refractivity contribution in [2.24, 2.45) is 11.7 Å². The standard InChI is InChI=1S/C17H21N3O4/c18-15(21)17(23)20-9-7-19(8-10-20)16(22)13-3-1-2-4-14(13)24-11-12-5-6-12/h1-4,12H,5-11H2,(H2,18,21). The van der Waals surface area contributed by atoms with Crippen molar-refractivity contribution < 1.29 is 19.1 Å². The number of nitrogens with zero attached hydrogens (tertiary/aromatic N) is 2. The molecule has 1 aliphatic carbocycles. The molecule has 7 nitrogen and oxygen atoms in total. The Balaban J connectivity index is 1.62. The van der Waals surface area contributed by atoms with Gasteiger partial charge in [-0.25, -0.2) is 0 Å². The number of carbonyl (C=O) groups excluding carboxylic acids is 3. The fourth-order valence-corrected chi connectivity index (χ4v) is 2.70. The summed E-state index contributed by atoms with van der Waals surface area (Å²) in [6, 6.07) is 7.22. The molecule has 0 spiro atoms. The van der Waals surface area contributed by atoms with E-state index in [2.05, 4.69) is 0 Å². The summed E-state index contributed by atoms with van der Waals surface area (Å²) in [6.45, 7) is 1.99. The van der Waals surface area contributed by atoms with Gasteiger partial charge >= 0.3 is 11.8 Å². The van der Waals surface area contributed by atoms with E-state index in [0.717, 1.165) is 0 Å². The number of para-hydroxylation sites is 1. The molecule has 2 fully saturated rings. The number of piperazine rings is 1. The van der Waals surface area contributed by atoms with E-state index in [1.54, 1.807) is 11.0 Å². The van der Waals surface area contributed by atoms with Gasteiger partial charge in [0.25, 0.3) is 5.91 Å². The highest BCUT2D eigenvalue weighted by molar-refractivity contribution is 6.34. The predicted molar refractivity (Wildman–Crippen MR) is 86.3 cm³/mol. The molecule has 1 heterocycles. The third kappa shape index (κ3) is 3.67. The normalized spacial score (nSPS) is 17.5. The van der Waals surface area contributed by atoms with Crippen LogP contribution in [0.2, 0.25) is 0 Å². The van der Waals surface area contributed by atoms with Crippen LogP contribution in [0.25, 0.3) is 0 Å². The Hall–Kier alpha value is -2.57. The van der Waals surface area contributed by atoms with Crippen LogP contribution in [0, 0.1) is 5.92 Å². The van der Waals surface area contributed by atoms with Gasteiger partial charge in [-0.05, 0) is 30.9 Å². The number of ether oxygens (including phenoxy) is 1. The second-order valence-corrected chi connectivity index (χ2v) is 6.20. The Morgan fingerprint density at radius 2 is 1.67 bits per heavy atom. The maximum Gasteiger partial charge on any atom is 0.311 e. The van der Waals surface area contributed by atoms with Crippen LogP contribution in [0.3, 0.4) is 0 Å². The number of rotatable bonds is 4. The number of hydrogen-bond donors (Lipinski definition) is 1. The largest absolute Gasteiger partial charge is 0.492 e. The quantitative estimate of drug-likeness (QED) is 0.800. The van der Waals surface area contributed by atoms with E-state index in [0.29, 0.717) is 50.0 Å². The fourth-order valence-electron chi connectivity index (χ4n) is 2.70. The molecule has 0 aromatic heterocycles. The Labute approximate surface area is 140 Å². The van der Waals surface area contributed by atoms with E-state index >= 15 is 0 Å². The van der Waals surface area contributed by atoms with E-state index in [1.807, 2.05) is 18.2 Å². The highest BCUT2D eigenvalue weighted by Crippen LogP contribution is 2.30. The Morgan fingerprint density at radius 3 is 2.29 bits per heavy atom. The van der Waals surface area contributed by atoms with Gasteiger partial charge in [0.05, 0.1) is 12.2 Å². The van der Waals surface area contributed by atoms with Crippen molar-refractivity contribution in [2.45, 2.75) is 12.8 Å². The Morgan fingerprint density at radius 1 is 1.04 bits per heavy atom. The van der Waals surface area contributed by atoms with E-state index in [1.165, 1.54) is 17.7 Å². The molecule has 1 aliphatic heterocycles. The summed E-state index contributed by atoms with van der Waals surface area (Å²) in [5.41, 5.74) is 5.54. The number of primary amides is 1. The first-order valence-electron chi connectivity index (χ1n) is 8.16. The average molecular weight is 331 g/mol. The van der Waals surface area contributed by atoms with E-state index in [-0.39, 0.29) is 5.91 Å². The Bertz CT molecular complexity index is 649. The van der Waals surface area contributed by atoms with E-state index in [4.69, 9.17) is 10.5 Å². The molecular formula is C17H21N3O4. The minimum absolute atomic E-state index is 0.118. The molecule has 1 saturated heterocycles.